The van der Waals surface area contributed by atoms with Gasteiger partial charge in [-0.25, -0.2) is 4.98 Å². The van der Waals surface area contributed by atoms with E-state index in [4.69, 9.17) is 0 Å². The van der Waals surface area contributed by atoms with Crippen molar-refractivity contribution >= 4 is 45.7 Å². The summed E-state index contributed by atoms with van der Waals surface area (Å²) in [7, 11) is 0. The van der Waals surface area contributed by atoms with Crippen LogP contribution in [0, 0.1) is 5.92 Å². The third kappa shape index (κ3) is 3.93. The van der Waals surface area contributed by atoms with Crippen molar-refractivity contribution in [3.05, 3.63) is 54.0 Å². The van der Waals surface area contributed by atoms with E-state index in [0.717, 1.165) is 22.0 Å². The third-order valence-electron chi connectivity index (χ3n) is 4.52. The maximum absolute atomic E-state index is 12.7. The minimum Gasteiger partial charge on any atom is -0.312 e. The molecule has 1 unspecified atom stereocenters. The number of hydrogen-bond donors (Lipinski definition) is 1. The molecule has 1 fully saturated rings. The lowest BCUT2D eigenvalue weighted by atomic mass is 10.1. The number of amides is 2. The van der Waals surface area contributed by atoms with Gasteiger partial charge in [-0.05, 0) is 36.6 Å². The van der Waals surface area contributed by atoms with E-state index in [9.17, 15) is 9.59 Å². The van der Waals surface area contributed by atoms with Gasteiger partial charge in [0.05, 0.1) is 11.6 Å². The molecule has 1 N–H and O–H groups in total. The molecule has 28 heavy (non-hydrogen) atoms. The second-order valence-electron chi connectivity index (χ2n) is 6.35. The second kappa shape index (κ2) is 8.12. The topological polar surface area (TPSA) is 75.2 Å². The van der Waals surface area contributed by atoms with Gasteiger partial charge >= 0.3 is 0 Å². The van der Waals surface area contributed by atoms with Gasteiger partial charge in [-0.1, -0.05) is 12.1 Å². The minimum absolute atomic E-state index is 0.0354. The maximum atomic E-state index is 12.7. The van der Waals surface area contributed by atoms with Crippen molar-refractivity contribution < 1.29 is 9.59 Å². The van der Waals surface area contributed by atoms with Crippen LogP contribution in [0.25, 0.3) is 11.4 Å². The molecule has 0 bridgehead atoms. The van der Waals surface area contributed by atoms with Crippen LogP contribution in [0.15, 0.2) is 58.9 Å². The van der Waals surface area contributed by atoms with E-state index in [0.29, 0.717) is 11.7 Å². The van der Waals surface area contributed by atoms with Gasteiger partial charge in [0.25, 0.3) is 0 Å². The zero-order valence-electron chi connectivity index (χ0n) is 15.2. The molecule has 0 spiro atoms. The van der Waals surface area contributed by atoms with Crippen molar-refractivity contribution in [2.45, 2.75) is 11.3 Å². The summed E-state index contributed by atoms with van der Waals surface area (Å²) in [6, 6.07) is 13.4. The fourth-order valence-corrected chi connectivity index (χ4v) is 4.24. The molecule has 8 heteroatoms. The Morgan fingerprint density at radius 3 is 2.93 bits per heavy atom. The molecule has 3 heterocycles. The summed E-state index contributed by atoms with van der Waals surface area (Å²) in [6.07, 6.45) is 3.90. The van der Waals surface area contributed by atoms with E-state index in [1.807, 2.05) is 54.1 Å². The fraction of sp³-hybridized carbons (Fsp3) is 0.200. The Morgan fingerprint density at radius 2 is 2.14 bits per heavy atom. The van der Waals surface area contributed by atoms with E-state index in [2.05, 4.69) is 15.3 Å². The maximum Gasteiger partial charge on any atom is 0.231 e. The Morgan fingerprint density at radius 1 is 1.25 bits per heavy atom. The average Bonchev–Trinajstić information content (AvgIpc) is 3.35. The molecule has 1 saturated heterocycles. The molecule has 1 aliphatic rings. The number of carbonyl (C=O) groups is 2. The number of aromatic nitrogens is 2. The number of hydrogen-bond acceptors (Lipinski definition) is 6. The van der Waals surface area contributed by atoms with Gasteiger partial charge in [-0.15, -0.1) is 23.1 Å². The minimum atomic E-state index is -0.396. The average molecular weight is 411 g/mol. The van der Waals surface area contributed by atoms with Crippen LogP contribution in [-0.4, -0.2) is 34.6 Å². The number of benzene rings is 1. The van der Waals surface area contributed by atoms with Crippen LogP contribution < -0.4 is 10.2 Å². The highest BCUT2D eigenvalue weighted by Crippen LogP contribution is 2.29. The number of carbonyl (C=O) groups excluding carboxylic acids is 2. The second-order valence-corrected chi connectivity index (χ2v) is 8.09. The molecule has 2 amide bonds. The number of rotatable bonds is 5. The number of nitrogens with one attached hydrogen (secondary N) is 1. The lowest BCUT2D eigenvalue weighted by Gasteiger charge is -2.17. The SMILES string of the molecule is CSc1cccc(N2CC(C(=O)Nc3nc(-c4ccccn4)cs3)CC2=O)c1. The van der Waals surface area contributed by atoms with E-state index in [1.165, 1.54) is 11.3 Å². The van der Waals surface area contributed by atoms with Crippen LogP contribution in [-0.2, 0) is 9.59 Å². The molecule has 142 valence electrons. The monoisotopic (exact) mass is 410 g/mol. The van der Waals surface area contributed by atoms with Gasteiger partial charge in [0, 0.05) is 35.1 Å². The number of nitrogens with zero attached hydrogens (tertiary/aromatic N) is 3. The van der Waals surface area contributed by atoms with E-state index in [-0.39, 0.29) is 18.2 Å². The molecule has 4 rings (SSSR count). The van der Waals surface area contributed by atoms with Crippen LogP contribution in [0.1, 0.15) is 6.42 Å². The summed E-state index contributed by atoms with van der Waals surface area (Å²) >= 11 is 2.97. The highest BCUT2D eigenvalue weighted by Gasteiger charge is 2.35. The summed E-state index contributed by atoms with van der Waals surface area (Å²) in [5, 5.41) is 5.22. The standard InChI is InChI=1S/C20H18N4O2S2/c1-27-15-6-4-5-14(10-15)24-11-13(9-18(24)25)19(26)23-20-22-17(12-28-20)16-7-2-3-8-21-16/h2-8,10,12-13H,9,11H2,1H3,(H,22,23,26). The van der Waals surface area contributed by atoms with Gasteiger partial charge in [0.1, 0.15) is 5.69 Å². The first-order valence-corrected chi connectivity index (χ1v) is 10.9. The summed E-state index contributed by atoms with van der Waals surface area (Å²) in [5.74, 6) is -0.613. The quantitative estimate of drug-likeness (QED) is 0.645. The van der Waals surface area contributed by atoms with E-state index >= 15 is 0 Å². The number of thioether (sulfide) groups is 1. The van der Waals surface area contributed by atoms with Crippen molar-refractivity contribution in [2.24, 2.45) is 5.92 Å². The summed E-state index contributed by atoms with van der Waals surface area (Å²) in [6.45, 7) is 0.376. The number of anilines is 2. The fourth-order valence-electron chi connectivity index (χ4n) is 3.08. The molecule has 0 saturated carbocycles. The lowest BCUT2D eigenvalue weighted by molar-refractivity contribution is -0.122. The molecular weight excluding hydrogens is 392 g/mol. The molecule has 1 aliphatic heterocycles. The number of pyridine rings is 1. The van der Waals surface area contributed by atoms with Crippen LogP contribution >= 0.6 is 23.1 Å². The number of thiazole rings is 1. The molecule has 2 aromatic heterocycles. The van der Waals surface area contributed by atoms with Crippen molar-refractivity contribution in [3.63, 3.8) is 0 Å². The van der Waals surface area contributed by atoms with Crippen molar-refractivity contribution in [3.8, 4) is 11.4 Å². The van der Waals surface area contributed by atoms with Crippen molar-refractivity contribution in [1.29, 1.82) is 0 Å². The largest absolute Gasteiger partial charge is 0.312 e. The highest BCUT2D eigenvalue weighted by atomic mass is 32.2. The zero-order chi connectivity index (χ0) is 19.5. The molecular formula is C20H18N4O2S2. The third-order valence-corrected chi connectivity index (χ3v) is 6.01. The normalized spacial score (nSPS) is 16.4. The zero-order valence-corrected chi connectivity index (χ0v) is 16.8. The predicted molar refractivity (Wildman–Crippen MR) is 113 cm³/mol. The molecule has 3 aromatic rings. The van der Waals surface area contributed by atoms with Gasteiger partial charge in [-0.3, -0.25) is 14.6 Å². The van der Waals surface area contributed by atoms with E-state index < -0.39 is 5.92 Å². The Bertz CT molecular complexity index is 1010. The summed E-state index contributed by atoms with van der Waals surface area (Å²) in [4.78, 5) is 36.6. The van der Waals surface area contributed by atoms with Crippen molar-refractivity contribution in [2.75, 3.05) is 23.0 Å². The van der Waals surface area contributed by atoms with Gasteiger partial charge in [0.15, 0.2) is 5.13 Å². The van der Waals surface area contributed by atoms with Gasteiger partial charge in [0.2, 0.25) is 11.8 Å². The first-order valence-electron chi connectivity index (χ1n) is 8.76. The Balaban J connectivity index is 1.43. The predicted octanol–water partition coefficient (Wildman–Crippen LogP) is 3.92. The van der Waals surface area contributed by atoms with Crippen LogP contribution in [0.4, 0.5) is 10.8 Å². The van der Waals surface area contributed by atoms with Gasteiger partial charge in [-0.2, -0.15) is 0 Å². The lowest BCUT2D eigenvalue weighted by Crippen LogP contribution is -2.28. The van der Waals surface area contributed by atoms with E-state index in [1.54, 1.807) is 22.9 Å². The Kier molecular flexibility index (Phi) is 5.40. The van der Waals surface area contributed by atoms with Gasteiger partial charge < -0.3 is 10.2 Å². The summed E-state index contributed by atoms with van der Waals surface area (Å²) in [5.41, 5.74) is 2.31. The Hall–Kier alpha value is -2.71. The van der Waals surface area contributed by atoms with Crippen LogP contribution in [0.3, 0.4) is 0 Å². The molecule has 1 atom stereocenters. The summed E-state index contributed by atoms with van der Waals surface area (Å²) < 4.78 is 0. The van der Waals surface area contributed by atoms with Crippen molar-refractivity contribution in [1.82, 2.24) is 9.97 Å². The highest BCUT2D eigenvalue weighted by molar-refractivity contribution is 7.98. The first kappa shape index (κ1) is 18.6. The van der Waals surface area contributed by atoms with Crippen LogP contribution in [0.5, 0.6) is 0 Å². The smallest absolute Gasteiger partial charge is 0.231 e. The Labute approximate surface area is 171 Å². The molecule has 0 radical (unpaired) electrons. The first-order chi connectivity index (χ1) is 13.6. The molecule has 6 nitrogen and oxygen atoms in total. The molecule has 1 aromatic carbocycles. The van der Waals surface area contributed by atoms with Crippen LogP contribution in [0.2, 0.25) is 0 Å². The molecule has 0 aliphatic carbocycles.